The van der Waals surface area contributed by atoms with E-state index in [4.69, 9.17) is 0 Å². The topological polar surface area (TPSA) is 24.5 Å². The van der Waals surface area contributed by atoms with Gasteiger partial charge in [0.25, 0.3) is 0 Å². The van der Waals surface area contributed by atoms with Crippen LogP contribution in [0.2, 0.25) is 0 Å². The fourth-order valence-corrected chi connectivity index (χ4v) is 2.92. The number of halogens is 3. The second-order valence-corrected chi connectivity index (χ2v) is 5.95. The summed E-state index contributed by atoms with van der Waals surface area (Å²) in [6, 6.07) is 5.60. The Hall–Kier alpha value is -0.720. The molecule has 6 heteroatoms. The Bertz CT molecular complexity index is 445. The van der Waals surface area contributed by atoms with Crippen LogP contribution in [0.25, 0.3) is 0 Å². The van der Waals surface area contributed by atoms with Gasteiger partial charge in [-0.15, -0.1) is 0 Å². The number of hydrogen-bond acceptors (Lipinski definition) is 3. The van der Waals surface area contributed by atoms with Crippen LogP contribution in [-0.4, -0.2) is 37.7 Å². The Morgan fingerprint density at radius 3 is 2.95 bits per heavy atom. The number of rotatable bonds is 6. The van der Waals surface area contributed by atoms with Gasteiger partial charge < -0.3 is 15.0 Å². The molecule has 1 aromatic rings. The first-order chi connectivity index (χ1) is 9.56. The molecule has 0 aromatic heterocycles. The zero-order valence-electron chi connectivity index (χ0n) is 11.4. The van der Waals surface area contributed by atoms with Crippen molar-refractivity contribution >= 4 is 15.9 Å². The largest absolute Gasteiger partial charge is 0.434 e. The Morgan fingerprint density at radius 1 is 1.50 bits per heavy atom. The van der Waals surface area contributed by atoms with Crippen LogP contribution in [0.1, 0.15) is 18.4 Å². The summed E-state index contributed by atoms with van der Waals surface area (Å²) in [5.74, 6) is 0.232. The van der Waals surface area contributed by atoms with Crippen molar-refractivity contribution < 1.29 is 13.5 Å². The quantitative estimate of drug-likeness (QED) is 0.854. The lowest BCUT2D eigenvalue weighted by atomic mass is 10.2. The molecule has 1 unspecified atom stereocenters. The molecule has 0 amide bonds. The van der Waals surface area contributed by atoms with Crippen molar-refractivity contribution in [1.29, 1.82) is 0 Å². The van der Waals surface area contributed by atoms with Gasteiger partial charge in [0.2, 0.25) is 0 Å². The number of ether oxygens (including phenoxy) is 1. The van der Waals surface area contributed by atoms with E-state index in [1.165, 1.54) is 12.8 Å². The molecule has 0 saturated carbocycles. The predicted molar refractivity (Wildman–Crippen MR) is 78.1 cm³/mol. The molecule has 0 spiro atoms. The second kappa shape index (κ2) is 7.33. The molecular formula is C14H19BrF2N2O. The van der Waals surface area contributed by atoms with E-state index in [0.717, 1.165) is 23.1 Å². The zero-order valence-corrected chi connectivity index (χ0v) is 13.0. The third-order valence-electron chi connectivity index (χ3n) is 3.61. The lowest BCUT2D eigenvalue weighted by Gasteiger charge is -2.20. The maximum absolute atomic E-state index is 12.4. The van der Waals surface area contributed by atoms with Crippen LogP contribution in [0.3, 0.4) is 0 Å². The van der Waals surface area contributed by atoms with Crippen LogP contribution in [0.4, 0.5) is 8.78 Å². The van der Waals surface area contributed by atoms with Crippen molar-refractivity contribution in [2.75, 3.05) is 20.1 Å². The fourth-order valence-electron chi connectivity index (χ4n) is 2.51. The molecule has 1 aliphatic heterocycles. The normalized spacial score (nSPS) is 19.8. The second-order valence-electron chi connectivity index (χ2n) is 5.04. The molecule has 1 aliphatic rings. The van der Waals surface area contributed by atoms with Gasteiger partial charge in [0.1, 0.15) is 5.75 Å². The summed E-state index contributed by atoms with van der Waals surface area (Å²) in [5, 5.41) is 3.33. The lowest BCUT2D eigenvalue weighted by molar-refractivity contribution is -0.0505. The van der Waals surface area contributed by atoms with Crippen LogP contribution in [0.15, 0.2) is 22.7 Å². The number of alkyl halides is 2. The van der Waals surface area contributed by atoms with E-state index in [9.17, 15) is 8.78 Å². The number of likely N-dealkylation sites (N-methyl/N-ethyl adjacent to an activating group) is 1. The molecule has 1 N–H and O–H groups in total. The van der Waals surface area contributed by atoms with Crippen LogP contribution in [-0.2, 0) is 6.54 Å². The van der Waals surface area contributed by atoms with Gasteiger partial charge in [0, 0.05) is 29.2 Å². The third kappa shape index (κ3) is 4.40. The monoisotopic (exact) mass is 348 g/mol. The SMILES string of the molecule is CN1CCCC1CNCc1cc(Br)ccc1OC(F)F. The maximum Gasteiger partial charge on any atom is 0.387 e. The van der Waals surface area contributed by atoms with Crippen LogP contribution in [0.5, 0.6) is 5.75 Å². The van der Waals surface area contributed by atoms with E-state index in [1.54, 1.807) is 12.1 Å². The summed E-state index contributed by atoms with van der Waals surface area (Å²) in [6.45, 7) is -0.290. The molecule has 0 bridgehead atoms. The van der Waals surface area contributed by atoms with Crippen molar-refractivity contribution in [2.45, 2.75) is 32.0 Å². The summed E-state index contributed by atoms with van der Waals surface area (Å²) >= 11 is 3.35. The molecular weight excluding hydrogens is 330 g/mol. The summed E-state index contributed by atoms with van der Waals surface area (Å²) in [4.78, 5) is 2.32. The van der Waals surface area contributed by atoms with E-state index in [-0.39, 0.29) is 5.75 Å². The number of nitrogens with one attached hydrogen (secondary N) is 1. The van der Waals surface area contributed by atoms with E-state index >= 15 is 0 Å². The molecule has 0 radical (unpaired) electrons. The first kappa shape index (κ1) is 15.7. The molecule has 1 heterocycles. The predicted octanol–water partition coefficient (Wildman–Crippen LogP) is 3.23. The molecule has 1 fully saturated rings. The highest BCUT2D eigenvalue weighted by Crippen LogP contribution is 2.25. The first-order valence-electron chi connectivity index (χ1n) is 6.70. The number of nitrogens with zero attached hydrogens (tertiary/aromatic N) is 1. The summed E-state index contributed by atoms with van der Waals surface area (Å²) in [5.41, 5.74) is 0.736. The lowest BCUT2D eigenvalue weighted by Crippen LogP contribution is -2.35. The smallest absolute Gasteiger partial charge is 0.387 e. The van der Waals surface area contributed by atoms with Gasteiger partial charge in [-0.25, -0.2) is 0 Å². The van der Waals surface area contributed by atoms with Crippen molar-refractivity contribution in [3.8, 4) is 5.75 Å². The van der Waals surface area contributed by atoms with Crippen LogP contribution >= 0.6 is 15.9 Å². The fraction of sp³-hybridized carbons (Fsp3) is 0.571. The van der Waals surface area contributed by atoms with Gasteiger partial charge in [-0.2, -0.15) is 8.78 Å². The number of benzene rings is 1. The van der Waals surface area contributed by atoms with Gasteiger partial charge in [0.15, 0.2) is 0 Å². The van der Waals surface area contributed by atoms with Gasteiger partial charge in [-0.1, -0.05) is 15.9 Å². The highest BCUT2D eigenvalue weighted by molar-refractivity contribution is 9.10. The molecule has 1 aromatic carbocycles. The van der Waals surface area contributed by atoms with Crippen molar-refractivity contribution in [2.24, 2.45) is 0 Å². The Balaban J connectivity index is 1.92. The average Bonchev–Trinajstić information content (AvgIpc) is 2.78. The molecule has 2 rings (SSSR count). The zero-order chi connectivity index (χ0) is 14.5. The van der Waals surface area contributed by atoms with Crippen LogP contribution < -0.4 is 10.1 Å². The molecule has 1 saturated heterocycles. The third-order valence-corrected chi connectivity index (χ3v) is 4.10. The van der Waals surface area contributed by atoms with Gasteiger partial charge in [0.05, 0.1) is 0 Å². The highest BCUT2D eigenvalue weighted by Gasteiger charge is 2.20. The van der Waals surface area contributed by atoms with E-state index in [1.807, 2.05) is 6.07 Å². The minimum atomic E-state index is -2.80. The van der Waals surface area contributed by atoms with E-state index in [2.05, 4.69) is 37.9 Å². The molecule has 20 heavy (non-hydrogen) atoms. The van der Waals surface area contributed by atoms with E-state index < -0.39 is 6.61 Å². The number of likely N-dealkylation sites (tertiary alicyclic amines) is 1. The van der Waals surface area contributed by atoms with Crippen LogP contribution in [0, 0.1) is 0 Å². The summed E-state index contributed by atoms with van der Waals surface area (Å²) in [6.07, 6.45) is 2.40. The van der Waals surface area contributed by atoms with E-state index in [0.29, 0.717) is 12.6 Å². The van der Waals surface area contributed by atoms with Crippen molar-refractivity contribution in [3.63, 3.8) is 0 Å². The van der Waals surface area contributed by atoms with Crippen molar-refractivity contribution in [3.05, 3.63) is 28.2 Å². The molecule has 3 nitrogen and oxygen atoms in total. The molecule has 112 valence electrons. The van der Waals surface area contributed by atoms with Gasteiger partial charge in [-0.05, 0) is 44.6 Å². The minimum absolute atomic E-state index is 0.232. The Labute approximate surface area is 126 Å². The summed E-state index contributed by atoms with van der Waals surface area (Å²) < 4.78 is 30.1. The maximum atomic E-state index is 12.4. The van der Waals surface area contributed by atoms with Gasteiger partial charge >= 0.3 is 6.61 Å². The standard InChI is InChI=1S/C14H19BrF2N2O/c1-19-6-2-3-12(19)9-18-8-10-7-11(15)4-5-13(10)20-14(16)17/h4-5,7,12,14,18H,2-3,6,8-9H2,1H3. The molecule has 1 atom stereocenters. The minimum Gasteiger partial charge on any atom is -0.434 e. The summed E-state index contributed by atoms with van der Waals surface area (Å²) in [7, 11) is 2.11. The average molecular weight is 349 g/mol. The molecule has 0 aliphatic carbocycles. The Kier molecular flexibility index (Phi) is 5.74. The Morgan fingerprint density at radius 2 is 2.30 bits per heavy atom. The highest BCUT2D eigenvalue weighted by atomic mass is 79.9. The van der Waals surface area contributed by atoms with Gasteiger partial charge in [-0.3, -0.25) is 0 Å². The van der Waals surface area contributed by atoms with Crippen molar-refractivity contribution in [1.82, 2.24) is 10.2 Å². The number of hydrogen-bond donors (Lipinski definition) is 1. The first-order valence-corrected chi connectivity index (χ1v) is 7.50.